The number of nitriles is 1. The fourth-order valence-electron chi connectivity index (χ4n) is 4.42. The molecular formula is C25H24ClF2N5S. The lowest BCUT2D eigenvalue weighted by molar-refractivity contribution is 0.344. The first-order valence-electron chi connectivity index (χ1n) is 10.9. The maximum atomic E-state index is 13.8. The third kappa shape index (κ3) is 4.82. The quantitative estimate of drug-likeness (QED) is 0.434. The lowest BCUT2D eigenvalue weighted by Crippen LogP contribution is -2.36. The Morgan fingerprint density at radius 2 is 2.29 bits per heavy atom. The van der Waals surface area contributed by atoms with Crippen LogP contribution in [0.2, 0.25) is 5.02 Å². The molecule has 0 amide bonds. The van der Waals surface area contributed by atoms with E-state index in [2.05, 4.69) is 11.1 Å². The van der Waals surface area contributed by atoms with Crippen molar-refractivity contribution >= 4 is 34.5 Å². The molecule has 2 aliphatic heterocycles. The number of benzene rings is 1. The monoisotopic (exact) mass is 499 g/mol. The molecule has 0 bridgehead atoms. The largest absolute Gasteiger partial charge is 0.327 e. The van der Waals surface area contributed by atoms with Crippen molar-refractivity contribution in [2.75, 3.05) is 6.54 Å². The van der Waals surface area contributed by atoms with Gasteiger partial charge in [0.1, 0.15) is 18.0 Å². The average molecular weight is 500 g/mol. The lowest BCUT2D eigenvalue weighted by Gasteiger charge is -2.33. The molecule has 4 rings (SSSR count). The van der Waals surface area contributed by atoms with Crippen LogP contribution >= 0.6 is 22.9 Å². The summed E-state index contributed by atoms with van der Waals surface area (Å²) in [6.07, 6.45) is 5.00. The summed E-state index contributed by atoms with van der Waals surface area (Å²) < 4.78 is 27.2. The number of amidine groups is 1. The summed E-state index contributed by atoms with van der Waals surface area (Å²) in [4.78, 5) is 11.5. The van der Waals surface area contributed by atoms with Crippen LogP contribution < -0.4 is 0 Å². The average Bonchev–Trinajstić information content (AvgIpc) is 3.40. The molecule has 3 atom stereocenters. The third-order valence-corrected chi connectivity index (χ3v) is 7.07. The van der Waals surface area contributed by atoms with Crippen LogP contribution in [0.4, 0.5) is 8.78 Å². The number of nitrogens with zero attached hydrogens (tertiary/aromatic N) is 4. The van der Waals surface area contributed by atoms with Gasteiger partial charge in [0.2, 0.25) is 0 Å². The highest BCUT2D eigenvalue weighted by atomic mass is 35.5. The minimum absolute atomic E-state index is 0.189. The maximum Gasteiger partial charge on any atom is 0.165 e. The predicted molar refractivity (Wildman–Crippen MR) is 132 cm³/mol. The fraction of sp³-hybridized carbons (Fsp3) is 0.360. The highest BCUT2D eigenvalue weighted by molar-refractivity contribution is 7.11. The van der Waals surface area contributed by atoms with Crippen molar-refractivity contribution in [2.45, 2.75) is 45.3 Å². The molecule has 1 unspecified atom stereocenters. The van der Waals surface area contributed by atoms with Crippen LogP contribution in [0.25, 0.3) is 0 Å². The van der Waals surface area contributed by atoms with E-state index in [4.69, 9.17) is 22.0 Å². The Bertz CT molecular complexity index is 1230. The van der Waals surface area contributed by atoms with E-state index in [1.165, 1.54) is 30.4 Å². The summed E-state index contributed by atoms with van der Waals surface area (Å²) in [7, 11) is 0. The molecule has 5 nitrogen and oxygen atoms in total. The molecule has 2 aliphatic rings. The Balaban J connectivity index is 1.90. The van der Waals surface area contributed by atoms with Gasteiger partial charge in [-0.1, -0.05) is 30.7 Å². The SMILES string of the molecule is CC(F)C/C=C\C(=N)C1=C2C[C@@](C)(CC#N)CN2C(c2nccs2)=N[C@H]1c1ccc(F)cc1Cl. The van der Waals surface area contributed by atoms with Gasteiger partial charge in [-0.05, 0) is 38.0 Å². The molecule has 1 saturated heterocycles. The summed E-state index contributed by atoms with van der Waals surface area (Å²) in [6.45, 7) is 4.07. The van der Waals surface area contributed by atoms with Crippen LogP contribution in [-0.4, -0.2) is 34.1 Å². The summed E-state index contributed by atoms with van der Waals surface area (Å²) >= 11 is 7.91. The van der Waals surface area contributed by atoms with Gasteiger partial charge in [0, 0.05) is 51.8 Å². The number of halogens is 3. The molecule has 34 heavy (non-hydrogen) atoms. The highest BCUT2D eigenvalue weighted by Gasteiger charge is 2.45. The molecule has 1 N–H and O–H groups in total. The number of aliphatic imine (C=N–C) groups is 1. The van der Waals surface area contributed by atoms with E-state index >= 15 is 0 Å². The number of thiazole rings is 1. The maximum absolute atomic E-state index is 13.8. The Hall–Kier alpha value is -2.89. The predicted octanol–water partition coefficient (Wildman–Crippen LogP) is 6.64. The highest BCUT2D eigenvalue weighted by Crippen LogP contribution is 2.48. The van der Waals surface area contributed by atoms with Crippen molar-refractivity contribution < 1.29 is 8.78 Å². The number of rotatable bonds is 7. The number of hydrogen-bond donors (Lipinski definition) is 1. The third-order valence-electron chi connectivity index (χ3n) is 5.97. The minimum atomic E-state index is -1.02. The summed E-state index contributed by atoms with van der Waals surface area (Å²) in [6, 6.07) is 5.77. The molecule has 176 valence electrons. The molecular weight excluding hydrogens is 476 g/mol. The van der Waals surface area contributed by atoms with Crippen molar-refractivity contribution in [2.24, 2.45) is 10.4 Å². The van der Waals surface area contributed by atoms with Crippen molar-refractivity contribution in [3.63, 3.8) is 0 Å². The van der Waals surface area contributed by atoms with E-state index in [1.54, 1.807) is 24.4 Å². The summed E-state index contributed by atoms with van der Waals surface area (Å²) in [5.41, 5.74) is 1.91. The van der Waals surface area contributed by atoms with Crippen molar-refractivity contribution in [3.8, 4) is 6.07 Å². The fourth-order valence-corrected chi connectivity index (χ4v) is 5.33. The molecule has 3 heterocycles. The number of nitrogens with one attached hydrogen (secondary N) is 1. The van der Waals surface area contributed by atoms with Gasteiger partial charge in [0.25, 0.3) is 0 Å². The van der Waals surface area contributed by atoms with Crippen LogP contribution in [0.3, 0.4) is 0 Å². The normalized spacial score (nSPS) is 23.1. The molecule has 0 aliphatic carbocycles. The number of alkyl halides is 1. The van der Waals surface area contributed by atoms with Crippen molar-refractivity contribution in [1.29, 1.82) is 10.7 Å². The van der Waals surface area contributed by atoms with Crippen LogP contribution in [-0.2, 0) is 0 Å². The van der Waals surface area contributed by atoms with Gasteiger partial charge in [-0.3, -0.25) is 4.99 Å². The molecule has 0 saturated carbocycles. The Morgan fingerprint density at radius 3 is 2.94 bits per heavy atom. The number of hydrogen-bond acceptors (Lipinski definition) is 6. The standard InChI is InChI=1S/C25H24ClF2N5S/c1-15(27)4-3-5-19(30)21-20-13-25(2,8-9-29)14-33(20)23(24-31-10-11-34-24)32-22(21)17-7-6-16(28)12-18(17)26/h3,5-7,10-12,15,22,30H,4,8,13-14H2,1-2H3/b5-3-,30-19?/t15?,22-,25+/m0/s1. The van der Waals surface area contributed by atoms with Gasteiger partial charge in [-0.2, -0.15) is 5.26 Å². The zero-order valence-corrected chi connectivity index (χ0v) is 20.4. The smallest absolute Gasteiger partial charge is 0.165 e. The van der Waals surface area contributed by atoms with Crippen LogP contribution in [0.15, 0.2) is 58.2 Å². The van der Waals surface area contributed by atoms with E-state index in [0.717, 1.165) is 5.70 Å². The second kappa shape index (κ2) is 9.77. The molecule has 1 aromatic carbocycles. The van der Waals surface area contributed by atoms with Crippen molar-refractivity contribution in [3.05, 3.63) is 74.6 Å². The second-order valence-corrected chi connectivity index (χ2v) is 10.3. The molecule has 2 aromatic rings. The Labute approximate surface area is 206 Å². The lowest BCUT2D eigenvalue weighted by atomic mass is 9.83. The topological polar surface area (TPSA) is 76.1 Å². The minimum Gasteiger partial charge on any atom is -0.327 e. The van der Waals surface area contributed by atoms with Gasteiger partial charge in [0.05, 0.1) is 11.8 Å². The van der Waals surface area contributed by atoms with Gasteiger partial charge in [-0.25, -0.2) is 13.8 Å². The van der Waals surface area contributed by atoms with Crippen LogP contribution in [0.5, 0.6) is 0 Å². The van der Waals surface area contributed by atoms with Crippen molar-refractivity contribution in [1.82, 2.24) is 9.88 Å². The van der Waals surface area contributed by atoms with E-state index in [1.807, 2.05) is 17.2 Å². The molecule has 0 spiro atoms. The molecule has 1 fully saturated rings. The summed E-state index contributed by atoms with van der Waals surface area (Å²) in [5, 5.41) is 21.1. The first-order valence-corrected chi connectivity index (χ1v) is 12.2. The van der Waals surface area contributed by atoms with E-state index < -0.39 is 18.0 Å². The van der Waals surface area contributed by atoms with E-state index in [0.29, 0.717) is 41.4 Å². The van der Waals surface area contributed by atoms with E-state index in [9.17, 15) is 14.0 Å². The van der Waals surface area contributed by atoms with Gasteiger partial charge >= 0.3 is 0 Å². The summed E-state index contributed by atoms with van der Waals surface area (Å²) in [5.74, 6) is 0.189. The van der Waals surface area contributed by atoms with Crippen LogP contribution in [0, 0.1) is 28.0 Å². The molecule has 1 aromatic heterocycles. The molecule has 9 heteroatoms. The first-order chi connectivity index (χ1) is 16.2. The van der Waals surface area contributed by atoms with Gasteiger partial charge < -0.3 is 10.3 Å². The molecule has 0 radical (unpaired) electrons. The Morgan fingerprint density at radius 1 is 1.50 bits per heavy atom. The van der Waals surface area contributed by atoms with E-state index in [-0.39, 0.29) is 22.6 Å². The number of aromatic nitrogens is 1. The zero-order chi connectivity index (χ0) is 24.5. The number of allylic oxidation sites excluding steroid dienone is 3. The second-order valence-electron chi connectivity index (χ2n) is 8.96. The van der Waals surface area contributed by atoms with Crippen LogP contribution in [0.1, 0.15) is 49.7 Å². The first kappa shape index (κ1) is 24.2. The van der Waals surface area contributed by atoms with Gasteiger partial charge in [-0.15, -0.1) is 11.3 Å². The zero-order valence-electron chi connectivity index (χ0n) is 18.9. The number of fused-ring (bicyclic) bond motifs is 1. The Kier molecular flexibility index (Phi) is 6.96. The van der Waals surface area contributed by atoms with Gasteiger partial charge in [0.15, 0.2) is 10.8 Å².